The number of aliphatic imine (C=N–C) groups is 1. The Morgan fingerprint density at radius 2 is 1.45 bits per heavy atom. The van der Waals surface area contributed by atoms with Gasteiger partial charge in [-0.15, -0.1) is 21.5 Å². The molecule has 0 spiro atoms. The number of Topliss-reactive ketones (excluding diaryl/α,β-unsaturated/α-hetero) is 1. The quantitative estimate of drug-likeness (QED) is 0.145. The second kappa shape index (κ2) is 17.8. The molecule has 1 atom stereocenters. The summed E-state index contributed by atoms with van der Waals surface area (Å²) < 4.78 is 29.4. The van der Waals surface area contributed by atoms with Crippen molar-refractivity contribution in [2.75, 3.05) is 66.1 Å². The second-order valence-corrected chi connectivity index (χ2v) is 12.0. The number of hydrogen-bond acceptors (Lipinski definition) is 10. The molecule has 1 aliphatic rings. The number of rotatable bonds is 20. The van der Waals surface area contributed by atoms with Gasteiger partial charge in [0.15, 0.2) is 5.82 Å². The van der Waals surface area contributed by atoms with E-state index in [1.807, 2.05) is 38.1 Å². The van der Waals surface area contributed by atoms with E-state index in [4.69, 9.17) is 40.3 Å². The maximum Gasteiger partial charge on any atom is 0.163 e. The van der Waals surface area contributed by atoms with Gasteiger partial charge in [0, 0.05) is 47.1 Å². The molecule has 0 saturated heterocycles. The first-order valence-electron chi connectivity index (χ1n) is 15.2. The highest BCUT2D eigenvalue weighted by atomic mass is 35.5. The number of hydrogen-bond donors (Lipinski definition) is 0. The molecule has 10 nitrogen and oxygen atoms in total. The summed E-state index contributed by atoms with van der Waals surface area (Å²) in [5, 5.41) is 10.6. The number of aromatic nitrogens is 3. The number of ketones is 1. The molecule has 1 aromatic carbocycles. The first-order chi connectivity index (χ1) is 21.4. The number of aryl methyl sites for hydroxylation is 2. The van der Waals surface area contributed by atoms with E-state index in [0.717, 1.165) is 33.2 Å². The first kappa shape index (κ1) is 34.4. The van der Waals surface area contributed by atoms with Crippen molar-refractivity contribution in [1.82, 2.24) is 14.8 Å². The van der Waals surface area contributed by atoms with Gasteiger partial charge in [-0.2, -0.15) is 0 Å². The Morgan fingerprint density at radius 3 is 2.07 bits per heavy atom. The van der Waals surface area contributed by atoms with Gasteiger partial charge < -0.3 is 23.7 Å². The molecule has 0 unspecified atom stereocenters. The minimum absolute atomic E-state index is 0.110. The summed E-state index contributed by atoms with van der Waals surface area (Å²) in [4.78, 5) is 19.5. The monoisotopic (exact) mass is 646 g/mol. The average molecular weight is 647 g/mol. The number of ether oxygens (including phenoxy) is 5. The van der Waals surface area contributed by atoms with Crippen LogP contribution in [-0.2, 0) is 28.5 Å². The minimum Gasteiger partial charge on any atom is -0.379 e. The molecule has 4 rings (SSSR count). The fourth-order valence-electron chi connectivity index (χ4n) is 4.85. The maximum absolute atomic E-state index is 13.2. The molecule has 0 radical (unpaired) electrons. The molecule has 2 aromatic heterocycles. The van der Waals surface area contributed by atoms with E-state index < -0.39 is 6.04 Å². The Balaban J connectivity index is 1.23. The van der Waals surface area contributed by atoms with Gasteiger partial charge in [0.25, 0.3) is 0 Å². The van der Waals surface area contributed by atoms with Crippen LogP contribution in [0.5, 0.6) is 0 Å². The van der Waals surface area contributed by atoms with E-state index in [0.29, 0.717) is 89.8 Å². The second-order valence-electron chi connectivity index (χ2n) is 10.4. The highest BCUT2D eigenvalue weighted by molar-refractivity contribution is 7.15. The Labute approximate surface area is 268 Å². The summed E-state index contributed by atoms with van der Waals surface area (Å²) in [6.07, 6.45) is 1.27. The van der Waals surface area contributed by atoms with E-state index in [1.54, 1.807) is 11.3 Å². The molecule has 0 N–H and O–H groups in total. The normalized spacial score (nSPS) is 14.3. The van der Waals surface area contributed by atoms with Crippen LogP contribution in [-0.4, -0.2) is 92.3 Å². The Hall–Kier alpha value is -2.51. The van der Waals surface area contributed by atoms with Gasteiger partial charge in [0.05, 0.1) is 58.6 Å². The lowest BCUT2D eigenvalue weighted by atomic mass is 9.99. The number of carbonyl (C=O) groups is 1. The van der Waals surface area contributed by atoms with Crippen molar-refractivity contribution in [1.29, 1.82) is 0 Å². The number of benzene rings is 1. The molecule has 3 heterocycles. The molecule has 0 saturated carbocycles. The van der Waals surface area contributed by atoms with Crippen molar-refractivity contribution in [3.63, 3.8) is 0 Å². The van der Waals surface area contributed by atoms with Crippen molar-refractivity contribution in [3.05, 3.63) is 62.5 Å². The molecular formula is C32H43ClN4O6S. The molecular weight excluding hydrogens is 604 g/mol. The molecule has 3 aromatic rings. The summed E-state index contributed by atoms with van der Waals surface area (Å²) >= 11 is 7.89. The molecule has 44 heavy (non-hydrogen) atoms. The lowest BCUT2D eigenvalue weighted by Gasteiger charge is -2.12. The van der Waals surface area contributed by atoms with E-state index in [-0.39, 0.29) is 12.2 Å². The number of thiophene rings is 1. The smallest absolute Gasteiger partial charge is 0.163 e. The lowest BCUT2D eigenvalue weighted by molar-refractivity contribution is -0.119. The number of carbonyl (C=O) groups excluding carboxylic acids is 1. The Kier molecular flexibility index (Phi) is 13.9. The minimum atomic E-state index is -0.452. The van der Waals surface area contributed by atoms with Crippen LogP contribution in [0.25, 0.3) is 5.00 Å². The third kappa shape index (κ3) is 9.50. The summed E-state index contributed by atoms with van der Waals surface area (Å²) in [7, 11) is 0. The topological polar surface area (TPSA) is 106 Å². The van der Waals surface area contributed by atoms with Gasteiger partial charge in [-0.25, -0.2) is 0 Å². The lowest BCUT2D eigenvalue weighted by Crippen LogP contribution is -2.14. The molecule has 0 amide bonds. The SMILES string of the molecule is CCOCCOCCOCCOCCOCCCC(=O)C[C@@H]1N=C(c2ccc(Cl)cc2)c2c(sc(C)c2C)-n2c(C)nnc21. The summed E-state index contributed by atoms with van der Waals surface area (Å²) in [5.41, 5.74) is 4.02. The van der Waals surface area contributed by atoms with Crippen molar-refractivity contribution in [2.24, 2.45) is 4.99 Å². The van der Waals surface area contributed by atoms with E-state index in [2.05, 4.69) is 28.6 Å². The van der Waals surface area contributed by atoms with E-state index in [9.17, 15) is 4.79 Å². The van der Waals surface area contributed by atoms with Crippen LogP contribution >= 0.6 is 22.9 Å². The molecule has 1 aliphatic heterocycles. The van der Waals surface area contributed by atoms with Gasteiger partial charge in [0.1, 0.15) is 22.7 Å². The van der Waals surface area contributed by atoms with Crippen molar-refractivity contribution in [2.45, 2.75) is 53.0 Å². The van der Waals surface area contributed by atoms with Crippen LogP contribution in [0.3, 0.4) is 0 Å². The van der Waals surface area contributed by atoms with E-state index >= 15 is 0 Å². The van der Waals surface area contributed by atoms with Gasteiger partial charge in [0.2, 0.25) is 0 Å². The van der Waals surface area contributed by atoms with Crippen LogP contribution < -0.4 is 0 Å². The summed E-state index contributed by atoms with van der Waals surface area (Å²) in [6, 6.07) is 7.24. The first-order valence-corrected chi connectivity index (χ1v) is 16.4. The zero-order chi connectivity index (χ0) is 31.3. The van der Waals surface area contributed by atoms with Crippen LogP contribution in [0.2, 0.25) is 5.02 Å². The maximum atomic E-state index is 13.2. The standard InChI is InChI=1S/C32H43ClN4O6S/c1-5-39-13-14-41-17-18-43-20-19-42-16-15-40-12-6-7-27(38)21-28-31-36-35-24(4)37(31)32-29(22(2)23(3)44-32)30(34-28)25-8-10-26(33)11-9-25/h8-11,28H,5-7,12-21H2,1-4H3/t28-/m0/s1. The molecule has 12 heteroatoms. The molecule has 0 bridgehead atoms. The fraction of sp³-hybridized carbons (Fsp3) is 0.562. The Bertz CT molecular complexity index is 1370. The van der Waals surface area contributed by atoms with Gasteiger partial charge in [-0.1, -0.05) is 23.7 Å². The zero-order valence-electron chi connectivity index (χ0n) is 26.1. The molecule has 0 aliphatic carbocycles. The third-order valence-corrected chi connectivity index (χ3v) is 8.66. The van der Waals surface area contributed by atoms with Crippen LogP contribution in [0.1, 0.15) is 65.4 Å². The van der Waals surface area contributed by atoms with Gasteiger partial charge in [-0.3, -0.25) is 14.4 Å². The van der Waals surface area contributed by atoms with Crippen LogP contribution in [0, 0.1) is 20.8 Å². The number of nitrogens with zero attached hydrogens (tertiary/aromatic N) is 4. The largest absolute Gasteiger partial charge is 0.379 e. The van der Waals surface area contributed by atoms with Crippen molar-refractivity contribution >= 4 is 34.4 Å². The van der Waals surface area contributed by atoms with E-state index in [1.165, 1.54) is 4.88 Å². The molecule has 240 valence electrons. The van der Waals surface area contributed by atoms with Crippen LogP contribution in [0.15, 0.2) is 29.3 Å². The summed E-state index contributed by atoms with van der Waals surface area (Å²) in [5.74, 6) is 1.57. The highest BCUT2D eigenvalue weighted by Crippen LogP contribution is 2.39. The summed E-state index contributed by atoms with van der Waals surface area (Å²) in [6.45, 7) is 13.5. The van der Waals surface area contributed by atoms with Gasteiger partial charge in [-0.05, 0) is 51.8 Å². The third-order valence-electron chi connectivity index (χ3n) is 7.21. The van der Waals surface area contributed by atoms with Crippen LogP contribution in [0.4, 0.5) is 0 Å². The fourth-order valence-corrected chi connectivity index (χ4v) is 6.19. The number of fused-ring (bicyclic) bond motifs is 3. The molecule has 0 fully saturated rings. The average Bonchev–Trinajstić information content (AvgIpc) is 3.49. The Morgan fingerprint density at radius 1 is 0.864 bits per heavy atom. The predicted octanol–water partition coefficient (Wildman–Crippen LogP) is 5.64. The highest BCUT2D eigenvalue weighted by Gasteiger charge is 2.32. The van der Waals surface area contributed by atoms with Gasteiger partial charge >= 0.3 is 0 Å². The predicted molar refractivity (Wildman–Crippen MR) is 172 cm³/mol. The van der Waals surface area contributed by atoms with Crippen molar-refractivity contribution < 1.29 is 28.5 Å². The number of halogens is 1. The van der Waals surface area contributed by atoms with Crippen molar-refractivity contribution in [3.8, 4) is 5.00 Å². The zero-order valence-corrected chi connectivity index (χ0v) is 27.7.